The molecule has 0 unspecified atom stereocenters. The quantitative estimate of drug-likeness (QED) is 0.464. The average molecular weight is 389 g/mol. The molecule has 3 aromatic rings. The van der Waals surface area contributed by atoms with Gasteiger partial charge in [0.1, 0.15) is 10.6 Å². The van der Waals surface area contributed by atoms with E-state index in [0.717, 1.165) is 16.1 Å². The van der Waals surface area contributed by atoms with E-state index >= 15 is 0 Å². The van der Waals surface area contributed by atoms with Gasteiger partial charge in [-0.15, -0.1) is 22.7 Å². The van der Waals surface area contributed by atoms with Gasteiger partial charge >= 0.3 is 5.97 Å². The second kappa shape index (κ2) is 7.77. The van der Waals surface area contributed by atoms with Gasteiger partial charge in [0.15, 0.2) is 5.11 Å². The number of thiophene rings is 2. The molecule has 0 amide bonds. The number of hydrogen-bond donors (Lipinski definition) is 2. The number of carbonyl (C=O) groups is 1. The van der Waals surface area contributed by atoms with Crippen molar-refractivity contribution in [2.45, 2.75) is 6.92 Å². The summed E-state index contributed by atoms with van der Waals surface area (Å²) in [4.78, 5) is 13.3. The fourth-order valence-electron chi connectivity index (χ4n) is 2.27. The van der Waals surface area contributed by atoms with Crippen molar-refractivity contribution < 1.29 is 9.53 Å². The molecular formula is C18H16N2O2S3. The average Bonchev–Trinajstić information content (AvgIpc) is 3.25. The highest BCUT2D eigenvalue weighted by atomic mass is 32.1. The van der Waals surface area contributed by atoms with Crippen molar-refractivity contribution >= 4 is 56.7 Å². The van der Waals surface area contributed by atoms with E-state index in [-0.39, 0.29) is 5.97 Å². The molecule has 0 aliphatic heterocycles. The molecule has 0 saturated carbocycles. The van der Waals surface area contributed by atoms with Crippen molar-refractivity contribution in [3.8, 4) is 10.4 Å². The SMILES string of the molecule is COC(=O)c1c(-c2cccs2)csc1NC(=S)Nc1ccc(C)cc1. The van der Waals surface area contributed by atoms with Crippen LogP contribution in [0.2, 0.25) is 0 Å². The number of thiocarbonyl (C=S) groups is 1. The maximum absolute atomic E-state index is 12.3. The largest absolute Gasteiger partial charge is 0.465 e. The van der Waals surface area contributed by atoms with Crippen LogP contribution in [0, 0.1) is 6.92 Å². The Morgan fingerprint density at radius 2 is 1.88 bits per heavy atom. The normalized spacial score (nSPS) is 10.3. The Labute approximate surface area is 159 Å². The van der Waals surface area contributed by atoms with E-state index in [4.69, 9.17) is 17.0 Å². The van der Waals surface area contributed by atoms with Crippen LogP contribution in [0.15, 0.2) is 47.2 Å². The van der Waals surface area contributed by atoms with Crippen molar-refractivity contribution in [3.05, 3.63) is 58.3 Å². The van der Waals surface area contributed by atoms with Crippen molar-refractivity contribution in [2.24, 2.45) is 0 Å². The van der Waals surface area contributed by atoms with Gasteiger partial charge in [0.2, 0.25) is 0 Å². The lowest BCUT2D eigenvalue weighted by Gasteiger charge is -2.11. The van der Waals surface area contributed by atoms with Gasteiger partial charge in [0.05, 0.1) is 7.11 Å². The molecule has 2 heterocycles. The highest BCUT2D eigenvalue weighted by Crippen LogP contribution is 2.38. The highest BCUT2D eigenvalue weighted by molar-refractivity contribution is 7.80. The lowest BCUT2D eigenvalue weighted by molar-refractivity contribution is 0.0603. The van der Waals surface area contributed by atoms with Crippen molar-refractivity contribution in [1.82, 2.24) is 0 Å². The molecule has 0 saturated heterocycles. The van der Waals surface area contributed by atoms with Gasteiger partial charge in [0, 0.05) is 21.5 Å². The number of methoxy groups -OCH3 is 1. The van der Waals surface area contributed by atoms with Crippen LogP contribution in [0.1, 0.15) is 15.9 Å². The molecule has 0 radical (unpaired) electrons. The lowest BCUT2D eigenvalue weighted by atomic mass is 10.1. The zero-order valence-electron chi connectivity index (χ0n) is 13.7. The number of benzene rings is 1. The summed E-state index contributed by atoms with van der Waals surface area (Å²) >= 11 is 8.38. The monoisotopic (exact) mass is 388 g/mol. The maximum Gasteiger partial charge on any atom is 0.341 e. The minimum Gasteiger partial charge on any atom is -0.465 e. The fourth-order valence-corrected chi connectivity index (χ4v) is 4.33. The zero-order chi connectivity index (χ0) is 17.8. The van der Waals surface area contributed by atoms with Crippen LogP contribution in [0.5, 0.6) is 0 Å². The summed E-state index contributed by atoms with van der Waals surface area (Å²) in [5.74, 6) is -0.384. The summed E-state index contributed by atoms with van der Waals surface area (Å²) in [6.45, 7) is 2.03. The van der Waals surface area contributed by atoms with E-state index in [1.807, 2.05) is 54.1 Å². The third-order valence-electron chi connectivity index (χ3n) is 3.50. The Balaban J connectivity index is 1.83. The molecule has 0 spiro atoms. The Kier molecular flexibility index (Phi) is 5.47. The van der Waals surface area contributed by atoms with E-state index in [1.165, 1.54) is 24.0 Å². The number of carbonyl (C=O) groups excluding carboxylic acids is 1. The molecule has 4 nitrogen and oxygen atoms in total. The molecule has 2 N–H and O–H groups in total. The Hall–Kier alpha value is -2.22. The molecule has 1 aromatic carbocycles. The van der Waals surface area contributed by atoms with Crippen molar-refractivity contribution in [2.75, 3.05) is 17.7 Å². The van der Waals surface area contributed by atoms with Gasteiger partial charge in [-0.05, 0) is 42.7 Å². The predicted molar refractivity (Wildman–Crippen MR) is 110 cm³/mol. The first-order valence-electron chi connectivity index (χ1n) is 7.47. The molecule has 7 heteroatoms. The van der Waals surface area contributed by atoms with E-state index in [0.29, 0.717) is 15.7 Å². The second-order valence-corrected chi connectivity index (χ2v) is 7.50. The number of ether oxygens (including phenoxy) is 1. The van der Waals surface area contributed by atoms with Gasteiger partial charge in [-0.25, -0.2) is 4.79 Å². The van der Waals surface area contributed by atoms with Crippen LogP contribution in [0.25, 0.3) is 10.4 Å². The summed E-state index contributed by atoms with van der Waals surface area (Å²) < 4.78 is 4.96. The molecule has 2 aromatic heterocycles. The molecule has 3 rings (SSSR count). The summed E-state index contributed by atoms with van der Waals surface area (Å²) in [5, 5.41) is 11.2. The molecule has 0 bridgehead atoms. The van der Waals surface area contributed by atoms with Crippen LogP contribution in [0.3, 0.4) is 0 Å². The van der Waals surface area contributed by atoms with E-state index in [9.17, 15) is 4.79 Å². The molecule has 128 valence electrons. The van der Waals surface area contributed by atoms with Crippen LogP contribution < -0.4 is 10.6 Å². The number of nitrogens with one attached hydrogen (secondary N) is 2. The number of anilines is 2. The van der Waals surface area contributed by atoms with Crippen LogP contribution in [-0.4, -0.2) is 18.2 Å². The maximum atomic E-state index is 12.3. The predicted octanol–water partition coefficient (Wildman–Crippen LogP) is 5.38. The number of rotatable bonds is 4. The Morgan fingerprint density at radius 1 is 1.12 bits per heavy atom. The van der Waals surface area contributed by atoms with Crippen molar-refractivity contribution in [1.29, 1.82) is 0 Å². The minimum absolute atomic E-state index is 0.384. The Morgan fingerprint density at radius 3 is 2.52 bits per heavy atom. The lowest BCUT2D eigenvalue weighted by Crippen LogP contribution is -2.20. The summed E-state index contributed by atoms with van der Waals surface area (Å²) in [5.41, 5.74) is 3.42. The molecule has 0 aliphatic carbocycles. The smallest absolute Gasteiger partial charge is 0.341 e. The first-order valence-corrected chi connectivity index (χ1v) is 9.63. The zero-order valence-corrected chi connectivity index (χ0v) is 16.1. The number of esters is 1. The fraction of sp³-hybridized carbons (Fsp3) is 0.111. The van der Waals surface area contributed by atoms with Crippen molar-refractivity contribution in [3.63, 3.8) is 0 Å². The summed E-state index contributed by atoms with van der Waals surface area (Å²) in [6, 6.07) is 11.9. The topological polar surface area (TPSA) is 50.4 Å². The van der Waals surface area contributed by atoms with Crippen LogP contribution >= 0.6 is 34.9 Å². The third kappa shape index (κ3) is 4.07. The van der Waals surface area contributed by atoms with Gasteiger partial charge in [-0.2, -0.15) is 0 Å². The minimum atomic E-state index is -0.384. The standard InChI is InChI=1S/C18H16N2O2S3/c1-11-5-7-12(8-6-11)19-18(23)20-16-15(17(21)22-2)13(10-25-16)14-4-3-9-24-14/h3-10H,1-2H3,(H2,19,20,23). The molecule has 25 heavy (non-hydrogen) atoms. The highest BCUT2D eigenvalue weighted by Gasteiger charge is 2.22. The molecule has 0 atom stereocenters. The summed E-state index contributed by atoms with van der Waals surface area (Å²) in [7, 11) is 1.38. The van der Waals surface area contributed by atoms with Crippen LogP contribution in [-0.2, 0) is 4.74 Å². The third-order valence-corrected chi connectivity index (χ3v) is 5.51. The number of hydrogen-bond acceptors (Lipinski definition) is 5. The molecule has 0 fully saturated rings. The van der Waals surface area contributed by atoms with E-state index < -0.39 is 0 Å². The first kappa shape index (κ1) is 17.6. The number of aryl methyl sites for hydroxylation is 1. The Bertz CT molecular complexity index is 884. The second-order valence-electron chi connectivity index (χ2n) is 5.27. The van der Waals surface area contributed by atoms with Gasteiger partial charge in [-0.3, -0.25) is 0 Å². The van der Waals surface area contributed by atoms with Gasteiger partial charge in [0.25, 0.3) is 0 Å². The molecule has 0 aliphatic rings. The van der Waals surface area contributed by atoms with E-state index in [2.05, 4.69) is 10.6 Å². The summed E-state index contributed by atoms with van der Waals surface area (Å²) in [6.07, 6.45) is 0. The van der Waals surface area contributed by atoms with Gasteiger partial charge in [-0.1, -0.05) is 23.8 Å². The van der Waals surface area contributed by atoms with E-state index in [1.54, 1.807) is 11.3 Å². The van der Waals surface area contributed by atoms with Crippen LogP contribution in [0.4, 0.5) is 10.7 Å². The molecular weight excluding hydrogens is 372 g/mol. The first-order chi connectivity index (χ1) is 12.1. The van der Waals surface area contributed by atoms with Gasteiger partial charge < -0.3 is 15.4 Å².